The van der Waals surface area contributed by atoms with E-state index in [4.69, 9.17) is 4.84 Å². The van der Waals surface area contributed by atoms with Crippen LogP contribution in [0.15, 0.2) is 0 Å². The zero-order valence-corrected chi connectivity index (χ0v) is 10.0. The molecule has 2 aliphatic rings. The number of hydrogen-bond acceptors (Lipinski definition) is 2. The molecule has 0 aromatic heterocycles. The van der Waals surface area contributed by atoms with Gasteiger partial charge in [0.2, 0.25) is 0 Å². The van der Waals surface area contributed by atoms with Crippen LogP contribution in [0, 0.1) is 11.8 Å². The van der Waals surface area contributed by atoms with Gasteiger partial charge in [0.05, 0.1) is 6.10 Å². The van der Waals surface area contributed by atoms with Gasteiger partial charge in [0.15, 0.2) is 0 Å². The van der Waals surface area contributed by atoms with Crippen molar-refractivity contribution in [3.05, 3.63) is 0 Å². The standard InChI is InChI=1S/C13H25NO/c1-11-5-4-6-12(9-11)10-14-15-13-7-2-3-8-13/h11-14H,2-10H2,1H3. The van der Waals surface area contributed by atoms with Crippen molar-refractivity contribution < 1.29 is 4.84 Å². The second-order valence-electron chi connectivity index (χ2n) is 5.51. The molecular formula is C13H25NO. The minimum atomic E-state index is 0.506. The predicted octanol–water partition coefficient (Wildman–Crippen LogP) is 3.28. The third-order valence-electron chi connectivity index (χ3n) is 3.97. The lowest BCUT2D eigenvalue weighted by Gasteiger charge is -2.27. The Balaban J connectivity index is 1.56. The Kier molecular flexibility index (Phi) is 4.45. The average Bonchev–Trinajstić information content (AvgIpc) is 2.71. The molecule has 2 aliphatic carbocycles. The summed E-state index contributed by atoms with van der Waals surface area (Å²) in [6.45, 7) is 3.45. The van der Waals surface area contributed by atoms with E-state index in [0.717, 1.165) is 18.4 Å². The summed E-state index contributed by atoms with van der Waals surface area (Å²) in [5, 5.41) is 0. The van der Waals surface area contributed by atoms with Crippen LogP contribution in [0.4, 0.5) is 0 Å². The van der Waals surface area contributed by atoms with Crippen LogP contribution in [0.1, 0.15) is 58.3 Å². The van der Waals surface area contributed by atoms with E-state index in [9.17, 15) is 0 Å². The summed E-state index contributed by atoms with van der Waals surface area (Å²) in [5.74, 6) is 1.78. The fourth-order valence-electron chi connectivity index (χ4n) is 3.04. The maximum atomic E-state index is 5.69. The Labute approximate surface area is 93.7 Å². The highest BCUT2D eigenvalue weighted by Crippen LogP contribution is 2.28. The van der Waals surface area contributed by atoms with Gasteiger partial charge in [-0.15, -0.1) is 0 Å². The maximum Gasteiger partial charge on any atom is 0.0790 e. The molecule has 0 heterocycles. The van der Waals surface area contributed by atoms with Gasteiger partial charge in [0, 0.05) is 6.54 Å². The van der Waals surface area contributed by atoms with Gasteiger partial charge in [-0.3, -0.25) is 4.84 Å². The van der Waals surface area contributed by atoms with Crippen molar-refractivity contribution in [2.45, 2.75) is 64.4 Å². The summed E-state index contributed by atoms with van der Waals surface area (Å²) in [7, 11) is 0. The molecule has 0 aromatic rings. The Morgan fingerprint density at radius 3 is 2.60 bits per heavy atom. The minimum Gasteiger partial charge on any atom is -0.299 e. The van der Waals surface area contributed by atoms with E-state index < -0.39 is 0 Å². The van der Waals surface area contributed by atoms with Crippen LogP contribution in [0.2, 0.25) is 0 Å². The third kappa shape index (κ3) is 3.76. The normalized spacial score (nSPS) is 33.4. The molecule has 0 radical (unpaired) electrons. The Morgan fingerprint density at radius 2 is 1.87 bits per heavy atom. The number of hydroxylamine groups is 1. The molecule has 0 aromatic carbocycles. The largest absolute Gasteiger partial charge is 0.299 e. The fourth-order valence-corrected chi connectivity index (χ4v) is 3.04. The van der Waals surface area contributed by atoms with E-state index >= 15 is 0 Å². The fraction of sp³-hybridized carbons (Fsp3) is 1.00. The monoisotopic (exact) mass is 211 g/mol. The second-order valence-corrected chi connectivity index (χ2v) is 5.51. The van der Waals surface area contributed by atoms with E-state index in [1.807, 2.05) is 0 Å². The zero-order chi connectivity index (χ0) is 10.5. The van der Waals surface area contributed by atoms with Gasteiger partial charge in [-0.25, -0.2) is 5.48 Å². The first-order valence-electron chi connectivity index (χ1n) is 6.73. The van der Waals surface area contributed by atoms with Gasteiger partial charge >= 0.3 is 0 Å². The summed E-state index contributed by atoms with van der Waals surface area (Å²) >= 11 is 0. The molecule has 2 unspecified atom stereocenters. The molecule has 88 valence electrons. The highest BCUT2D eigenvalue weighted by atomic mass is 16.7. The van der Waals surface area contributed by atoms with Crippen LogP contribution in [-0.4, -0.2) is 12.6 Å². The molecule has 1 N–H and O–H groups in total. The van der Waals surface area contributed by atoms with Gasteiger partial charge in [0.25, 0.3) is 0 Å². The van der Waals surface area contributed by atoms with Gasteiger partial charge in [-0.1, -0.05) is 32.6 Å². The van der Waals surface area contributed by atoms with E-state index in [0.29, 0.717) is 6.10 Å². The maximum absolute atomic E-state index is 5.69. The van der Waals surface area contributed by atoms with Crippen LogP contribution in [-0.2, 0) is 4.84 Å². The van der Waals surface area contributed by atoms with Crippen molar-refractivity contribution in [2.24, 2.45) is 11.8 Å². The van der Waals surface area contributed by atoms with E-state index in [1.54, 1.807) is 0 Å². The molecular weight excluding hydrogens is 186 g/mol. The summed E-state index contributed by atoms with van der Waals surface area (Å²) in [4.78, 5) is 5.69. The van der Waals surface area contributed by atoms with E-state index in [1.165, 1.54) is 51.4 Å². The summed E-state index contributed by atoms with van der Waals surface area (Å²) in [6.07, 6.45) is 11.4. The molecule has 2 atom stereocenters. The lowest BCUT2D eigenvalue weighted by Crippen LogP contribution is -2.29. The molecule has 2 rings (SSSR count). The van der Waals surface area contributed by atoms with Crippen molar-refractivity contribution in [3.8, 4) is 0 Å². The van der Waals surface area contributed by atoms with Gasteiger partial charge in [-0.2, -0.15) is 0 Å². The highest BCUT2D eigenvalue weighted by molar-refractivity contribution is 4.71. The predicted molar refractivity (Wildman–Crippen MR) is 62.5 cm³/mol. The molecule has 15 heavy (non-hydrogen) atoms. The van der Waals surface area contributed by atoms with Crippen LogP contribution >= 0.6 is 0 Å². The van der Waals surface area contributed by atoms with Crippen molar-refractivity contribution in [1.29, 1.82) is 0 Å². The molecule has 2 fully saturated rings. The Morgan fingerprint density at radius 1 is 1.07 bits per heavy atom. The highest BCUT2D eigenvalue weighted by Gasteiger charge is 2.20. The van der Waals surface area contributed by atoms with Crippen LogP contribution in [0.25, 0.3) is 0 Å². The number of nitrogens with one attached hydrogen (secondary N) is 1. The van der Waals surface area contributed by atoms with Gasteiger partial charge < -0.3 is 0 Å². The van der Waals surface area contributed by atoms with Crippen LogP contribution in [0.5, 0.6) is 0 Å². The van der Waals surface area contributed by atoms with Gasteiger partial charge in [-0.05, 0) is 37.5 Å². The lowest BCUT2D eigenvalue weighted by atomic mass is 9.82. The molecule has 0 spiro atoms. The first-order chi connectivity index (χ1) is 7.34. The second kappa shape index (κ2) is 5.86. The number of hydrogen-bond donors (Lipinski definition) is 1. The van der Waals surface area contributed by atoms with Crippen molar-refractivity contribution in [3.63, 3.8) is 0 Å². The molecule has 0 amide bonds. The SMILES string of the molecule is CC1CCCC(CNOC2CCCC2)C1. The van der Waals surface area contributed by atoms with E-state index in [2.05, 4.69) is 12.4 Å². The third-order valence-corrected chi connectivity index (χ3v) is 3.97. The molecule has 2 saturated carbocycles. The molecule has 2 nitrogen and oxygen atoms in total. The van der Waals surface area contributed by atoms with Crippen LogP contribution < -0.4 is 5.48 Å². The van der Waals surface area contributed by atoms with Crippen LogP contribution in [0.3, 0.4) is 0 Å². The lowest BCUT2D eigenvalue weighted by molar-refractivity contribution is -0.0298. The summed E-state index contributed by atoms with van der Waals surface area (Å²) in [6, 6.07) is 0. The molecule has 0 saturated heterocycles. The molecule has 0 bridgehead atoms. The summed E-state index contributed by atoms with van der Waals surface area (Å²) < 4.78 is 0. The Hall–Kier alpha value is -0.0800. The Bertz CT molecular complexity index is 177. The minimum absolute atomic E-state index is 0.506. The van der Waals surface area contributed by atoms with Gasteiger partial charge in [0.1, 0.15) is 0 Å². The number of rotatable bonds is 4. The van der Waals surface area contributed by atoms with Crippen molar-refractivity contribution >= 4 is 0 Å². The van der Waals surface area contributed by atoms with E-state index in [-0.39, 0.29) is 0 Å². The quantitative estimate of drug-likeness (QED) is 0.721. The van der Waals surface area contributed by atoms with Crippen molar-refractivity contribution in [2.75, 3.05) is 6.54 Å². The summed E-state index contributed by atoms with van der Waals surface area (Å²) in [5.41, 5.74) is 3.22. The smallest absolute Gasteiger partial charge is 0.0790 e. The first-order valence-corrected chi connectivity index (χ1v) is 6.73. The topological polar surface area (TPSA) is 21.3 Å². The molecule has 2 heteroatoms. The first kappa shape index (κ1) is 11.4. The average molecular weight is 211 g/mol. The van der Waals surface area contributed by atoms with Crippen molar-refractivity contribution in [1.82, 2.24) is 5.48 Å². The zero-order valence-electron chi connectivity index (χ0n) is 10.0. The molecule has 0 aliphatic heterocycles.